The molecule has 1 N–H and O–H groups in total. The Hall–Kier alpha value is -2.75. The van der Waals surface area contributed by atoms with Crippen LogP contribution in [0.15, 0.2) is 41.4 Å². The van der Waals surface area contributed by atoms with Gasteiger partial charge in [0.15, 0.2) is 17.8 Å². The molecule has 3 heterocycles. The van der Waals surface area contributed by atoms with Crippen LogP contribution in [0.1, 0.15) is 27.4 Å². The minimum atomic E-state index is 0.724. The minimum Gasteiger partial charge on any atom is -0.493 e. The Labute approximate surface area is 193 Å². The molecule has 0 spiro atoms. The number of aromatic nitrogens is 3. The van der Waals surface area contributed by atoms with Gasteiger partial charge in [0, 0.05) is 42.5 Å². The minimum absolute atomic E-state index is 0.724. The van der Waals surface area contributed by atoms with E-state index >= 15 is 0 Å². The quantitative estimate of drug-likeness (QED) is 0.431. The lowest BCUT2D eigenvalue weighted by atomic mass is 10.2. The van der Waals surface area contributed by atoms with E-state index in [0.717, 1.165) is 65.8 Å². The summed E-state index contributed by atoms with van der Waals surface area (Å²) in [5.41, 5.74) is 4.19. The molecule has 0 bridgehead atoms. The van der Waals surface area contributed by atoms with Crippen LogP contribution in [-0.2, 0) is 26.7 Å². The smallest absolute Gasteiger partial charge is 0.166 e. The van der Waals surface area contributed by atoms with E-state index in [9.17, 15) is 4.79 Å². The van der Waals surface area contributed by atoms with E-state index in [0.29, 0.717) is 0 Å². The van der Waals surface area contributed by atoms with Crippen molar-refractivity contribution < 1.29 is 14.3 Å². The molecule has 172 valence electrons. The Morgan fingerprint density at radius 2 is 2.03 bits per heavy atom. The molecular weight excluding hydrogens is 426 g/mol. The zero-order valence-electron chi connectivity index (χ0n) is 19.3. The number of benzene rings is 1. The fraction of sp³-hybridized carbons (Fsp3) is 0.391. The van der Waals surface area contributed by atoms with Gasteiger partial charge in [0.25, 0.3) is 0 Å². The summed E-state index contributed by atoms with van der Waals surface area (Å²) in [5, 5.41) is 7.35. The molecule has 9 heteroatoms. The summed E-state index contributed by atoms with van der Waals surface area (Å²) < 4.78 is 16.7. The van der Waals surface area contributed by atoms with E-state index in [1.165, 1.54) is 5.69 Å². The Balaban J connectivity index is 0.000000195. The zero-order chi connectivity index (χ0) is 23.1. The Morgan fingerprint density at radius 1 is 1.22 bits per heavy atom. The molecule has 0 atom stereocenters. The molecular formula is C23H31N5O3S. The topological polar surface area (TPSA) is 73.6 Å². The maximum absolute atomic E-state index is 11.0. The first-order valence-corrected chi connectivity index (χ1v) is 11.2. The third-order valence-electron chi connectivity index (χ3n) is 5.43. The number of para-hydroxylation sites is 1. The number of nitrogens with one attached hydrogen (secondary N) is 1. The van der Waals surface area contributed by atoms with Crippen molar-refractivity contribution in [2.45, 2.75) is 31.5 Å². The van der Waals surface area contributed by atoms with Crippen molar-refractivity contribution in [2.24, 2.45) is 7.05 Å². The maximum Gasteiger partial charge on any atom is 0.166 e. The number of carbonyl (C=O) groups excluding carboxylic acids is 1. The van der Waals surface area contributed by atoms with Crippen LogP contribution in [0.3, 0.4) is 0 Å². The molecule has 0 amide bonds. The van der Waals surface area contributed by atoms with Crippen molar-refractivity contribution in [3.63, 3.8) is 0 Å². The van der Waals surface area contributed by atoms with E-state index in [-0.39, 0.29) is 0 Å². The van der Waals surface area contributed by atoms with Gasteiger partial charge in [-0.2, -0.15) is 5.10 Å². The van der Waals surface area contributed by atoms with E-state index in [1.807, 2.05) is 60.7 Å². The maximum atomic E-state index is 11.0. The molecule has 0 aliphatic carbocycles. The number of nitrogens with zero attached hydrogens (tertiary/aromatic N) is 4. The van der Waals surface area contributed by atoms with Gasteiger partial charge < -0.3 is 19.4 Å². The van der Waals surface area contributed by atoms with Gasteiger partial charge in [-0.25, -0.2) is 4.31 Å². The number of carbonyl (C=O) groups is 1. The van der Waals surface area contributed by atoms with Crippen LogP contribution in [0.4, 0.5) is 0 Å². The Bertz CT molecular complexity index is 1050. The lowest BCUT2D eigenvalue weighted by Crippen LogP contribution is -2.28. The largest absolute Gasteiger partial charge is 0.493 e. The molecule has 1 aromatic carbocycles. The van der Waals surface area contributed by atoms with Gasteiger partial charge >= 0.3 is 0 Å². The normalized spacial score (nSPS) is 13.2. The van der Waals surface area contributed by atoms with Crippen molar-refractivity contribution in [2.75, 3.05) is 27.8 Å². The number of aldehydes is 1. The van der Waals surface area contributed by atoms with Gasteiger partial charge in [-0.1, -0.05) is 12.1 Å². The van der Waals surface area contributed by atoms with Crippen LogP contribution in [0.2, 0.25) is 0 Å². The van der Waals surface area contributed by atoms with Crippen molar-refractivity contribution in [1.29, 1.82) is 0 Å². The fourth-order valence-electron chi connectivity index (χ4n) is 3.56. The molecule has 0 radical (unpaired) electrons. The van der Waals surface area contributed by atoms with Crippen LogP contribution < -0.4 is 14.8 Å². The summed E-state index contributed by atoms with van der Waals surface area (Å²) >= 11 is 1.72. The molecule has 0 unspecified atom stereocenters. The zero-order valence-corrected chi connectivity index (χ0v) is 20.1. The van der Waals surface area contributed by atoms with Crippen molar-refractivity contribution in [1.82, 2.24) is 24.0 Å². The molecule has 4 rings (SSSR count). The molecule has 32 heavy (non-hydrogen) atoms. The number of fused-ring (bicyclic) bond motifs is 1. The SMILES string of the molecule is CNCc1cccc(OC)c1OC.Cc1c(SN2CCn3nccc3C2)cc(C=O)n1C. The standard InChI is InChI=1S/C13H16N4OS.C10H15NO2/c1-10-13(7-12(9-18)15(10)2)19-16-5-6-17-11(8-16)3-4-14-17;1-11-7-8-5-4-6-9(12-2)10(8)13-3/h3-4,7,9H,5-6,8H2,1-2H3;4-6,11H,7H2,1-3H3. The van der Waals surface area contributed by atoms with Gasteiger partial charge in [0.05, 0.1) is 38.7 Å². The van der Waals surface area contributed by atoms with Crippen LogP contribution >= 0.6 is 11.9 Å². The Morgan fingerprint density at radius 3 is 2.69 bits per heavy atom. The lowest BCUT2D eigenvalue weighted by molar-refractivity contribution is 0.111. The van der Waals surface area contributed by atoms with Gasteiger partial charge in [0.2, 0.25) is 0 Å². The van der Waals surface area contributed by atoms with Gasteiger partial charge in [0.1, 0.15) is 0 Å². The average Bonchev–Trinajstić information content (AvgIpc) is 3.39. The number of hydrogen-bond donors (Lipinski definition) is 1. The van der Waals surface area contributed by atoms with Crippen molar-refractivity contribution >= 4 is 18.2 Å². The molecule has 2 aromatic heterocycles. The van der Waals surface area contributed by atoms with Gasteiger partial charge in [-0.05, 0) is 44.1 Å². The highest BCUT2D eigenvalue weighted by molar-refractivity contribution is 7.97. The van der Waals surface area contributed by atoms with Crippen LogP contribution in [0.25, 0.3) is 0 Å². The highest BCUT2D eigenvalue weighted by Gasteiger charge is 2.19. The number of hydrogen-bond acceptors (Lipinski definition) is 7. The van der Waals surface area contributed by atoms with E-state index in [2.05, 4.69) is 20.8 Å². The summed E-state index contributed by atoms with van der Waals surface area (Å²) in [6.45, 7) is 5.59. The molecule has 0 saturated heterocycles. The Kier molecular flexibility index (Phi) is 8.38. The second-order valence-corrected chi connectivity index (χ2v) is 8.52. The summed E-state index contributed by atoms with van der Waals surface area (Å²) in [7, 11) is 7.12. The summed E-state index contributed by atoms with van der Waals surface area (Å²) in [6.07, 6.45) is 2.75. The predicted molar refractivity (Wildman–Crippen MR) is 126 cm³/mol. The van der Waals surface area contributed by atoms with Gasteiger partial charge in [-0.3, -0.25) is 9.48 Å². The summed E-state index contributed by atoms with van der Waals surface area (Å²) in [4.78, 5) is 12.1. The summed E-state index contributed by atoms with van der Waals surface area (Å²) in [5.74, 6) is 1.58. The first-order valence-electron chi connectivity index (χ1n) is 10.4. The number of ether oxygens (including phenoxy) is 2. The van der Waals surface area contributed by atoms with Crippen LogP contribution in [0.5, 0.6) is 11.5 Å². The highest BCUT2D eigenvalue weighted by atomic mass is 32.2. The molecule has 0 saturated carbocycles. The fourth-order valence-corrected chi connectivity index (χ4v) is 4.65. The third-order valence-corrected chi connectivity index (χ3v) is 6.61. The van der Waals surface area contributed by atoms with E-state index < -0.39 is 0 Å². The first-order chi connectivity index (χ1) is 15.5. The number of rotatable bonds is 7. The summed E-state index contributed by atoms with van der Waals surface area (Å²) in [6, 6.07) is 9.87. The molecule has 8 nitrogen and oxygen atoms in total. The lowest BCUT2D eigenvalue weighted by Gasteiger charge is -2.26. The van der Waals surface area contributed by atoms with Gasteiger partial charge in [-0.15, -0.1) is 0 Å². The molecule has 3 aromatic rings. The van der Waals surface area contributed by atoms with Crippen LogP contribution in [-0.4, -0.2) is 52.8 Å². The molecule has 1 aliphatic heterocycles. The van der Waals surface area contributed by atoms with Crippen LogP contribution in [0, 0.1) is 6.92 Å². The third kappa shape index (κ3) is 5.35. The highest BCUT2D eigenvalue weighted by Crippen LogP contribution is 2.31. The monoisotopic (exact) mass is 457 g/mol. The average molecular weight is 458 g/mol. The molecule has 0 fully saturated rings. The van der Waals surface area contributed by atoms with E-state index in [4.69, 9.17) is 9.47 Å². The second-order valence-electron chi connectivity index (χ2n) is 7.38. The number of methoxy groups -OCH3 is 2. The first kappa shape index (κ1) is 23.9. The predicted octanol–water partition coefficient (Wildman–Crippen LogP) is 3.29. The molecule has 1 aliphatic rings. The second kappa shape index (κ2) is 11.2. The van der Waals surface area contributed by atoms with Crippen molar-refractivity contribution in [3.05, 3.63) is 59.2 Å². The van der Waals surface area contributed by atoms with Crippen molar-refractivity contribution in [3.8, 4) is 11.5 Å². The van der Waals surface area contributed by atoms with E-state index in [1.54, 1.807) is 26.2 Å².